The van der Waals surface area contributed by atoms with Crippen LogP contribution in [0.5, 0.6) is 0 Å². The Morgan fingerprint density at radius 3 is 2.71 bits per heavy atom. The molecule has 6 heteroatoms. The van der Waals surface area contributed by atoms with E-state index < -0.39 is 0 Å². The van der Waals surface area contributed by atoms with Crippen molar-refractivity contribution >= 4 is 23.2 Å². The maximum absolute atomic E-state index is 12.0. The Bertz CT molecular complexity index is 397. The standard InChI is InChI=1S/C11H15N3O2S/c1-8(15)13-9-2-4-14(5-3-9)11(16)10-6-17-7-12-10/h6-7,9H,2-5H2,1H3,(H,13,15). The number of nitrogens with zero attached hydrogens (tertiary/aromatic N) is 2. The van der Waals surface area contributed by atoms with Gasteiger partial charge in [0.25, 0.3) is 5.91 Å². The first-order valence-corrected chi connectivity index (χ1v) is 6.55. The molecule has 1 saturated heterocycles. The van der Waals surface area contributed by atoms with Gasteiger partial charge in [0.15, 0.2) is 0 Å². The molecule has 0 bridgehead atoms. The van der Waals surface area contributed by atoms with Crippen LogP contribution in [0.2, 0.25) is 0 Å². The molecule has 2 rings (SSSR count). The number of piperidine rings is 1. The molecule has 1 N–H and O–H groups in total. The number of likely N-dealkylation sites (tertiary alicyclic amines) is 1. The molecule has 1 aliphatic rings. The molecule has 0 aliphatic carbocycles. The fourth-order valence-electron chi connectivity index (χ4n) is 1.99. The van der Waals surface area contributed by atoms with Crippen LogP contribution >= 0.6 is 11.3 Å². The summed E-state index contributed by atoms with van der Waals surface area (Å²) in [6.45, 7) is 2.88. The van der Waals surface area contributed by atoms with Gasteiger partial charge in [0, 0.05) is 31.4 Å². The van der Waals surface area contributed by atoms with Crippen molar-refractivity contribution in [3.8, 4) is 0 Å². The van der Waals surface area contributed by atoms with Gasteiger partial charge in [0.1, 0.15) is 5.69 Å². The van der Waals surface area contributed by atoms with E-state index in [-0.39, 0.29) is 17.9 Å². The Kier molecular flexibility index (Phi) is 3.73. The van der Waals surface area contributed by atoms with Gasteiger partial charge in [-0.15, -0.1) is 11.3 Å². The number of hydrogen-bond donors (Lipinski definition) is 1. The van der Waals surface area contributed by atoms with Gasteiger partial charge in [0.05, 0.1) is 5.51 Å². The van der Waals surface area contributed by atoms with Crippen LogP contribution in [0.4, 0.5) is 0 Å². The molecule has 2 heterocycles. The lowest BCUT2D eigenvalue weighted by atomic mass is 10.0. The molecule has 1 fully saturated rings. The van der Waals surface area contributed by atoms with Crippen molar-refractivity contribution in [2.45, 2.75) is 25.8 Å². The van der Waals surface area contributed by atoms with Gasteiger partial charge in [0.2, 0.25) is 5.91 Å². The van der Waals surface area contributed by atoms with Crippen molar-refractivity contribution in [1.82, 2.24) is 15.2 Å². The maximum Gasteiger partial charge on any atom is 0.273 e. The molecule has 1 aromatic rings. The minimum Gasteiger partial charge on any atom is -0.353 e. The number of thiazole rings is 1. The highest BCUT2D eigenvalue weighted by molar-refractivity contribution is 7.07. The zero-order valence-corrected chi connectivity index (χ0v) is 10.5. The molecular formula is C11H15N3O2S. The number of aromatic nitrogens is 1. The number of hydrogen-bond acceptors (Lipinski definition) is 4. The Morgan fingerprint density at radius 2 is 2.18 bits per heavy atom. The topological polar surface area (TPSA) is 62.3 Å². The number of rotatable bonds is 2. The van der Waals surface area contributed by atoms with Gasteiger partial charge in [-0.3, -0.25) is 9.59 Å². The molecule has 5 nitrogen and oxygen atoms in total. The third-order valence-corrected chi connectivity index (χ3v) is 3.43. The molecule has 1 aliphatic heterocycles. The molecule has 0 spiro atoms. The first-order chi connectivity index (χ1) is 8.16. The summed E-state index contributed by atoms with van der Waals surface area (Å²) in [4.78, 5) is 28.7. The van der Waals surface area contributed by atoms with E-state index in [0.717, 1.165) is 12.8 Å². The van der Waals surface area contributed by atoms with E-state index in [9.17, 15) is 9.59 Å². The number of carbonyl (C=O) groups is 2. The molecule has 0 saturated carbocycles. The highest BCUT2D eigenvalue weighted by atomic mass is 32.1. The lowest BCUT2D eigenvalue weighted by molar-refractivity contribution is -0.119. The van der Waals surface area contributed by atoms with Crippen LogP contribution in [0, 0.1) is 0 Å². The summed E-state index contributed by atoms with van der Waals surface area (Å²) in [5.74, 6) is -0.0122. The van der Waals surface area contributed by atoms with Crippen LogP contribution in [0.15, 0.2) is 10.9 Å². The number of amides is 2. The van der Waals surface area contributed by atoms with E-state index in [1.165, 1.54) is 18.3 Å². The third-order valence-electron chi connectivity index (χ3n) is 2.84. The van der Waals surface area contributed by atoms with Crippen LogP contribution < -0.4 is 5.32 Å². The molecule has 0 unspecified atom stereocenters. The molecule has 92 valence electrons. The second-order valence-electron chi connectivity index (χ2n) is 4.14. The van der Waals surface area contributed by atoms with Crippen LogP contribution in [-0.4, -0.2) is 40.8 Å². The van der Waals surface area contributed by atoms with E-state index in [1.807, 2.05) is 0 Å². The zero-order chi connectivity index (χ0) is 12.3. The highest BCUT2D eigenvalue weighted by Crippen LogP contribution is 2.14. The van der Waals surface area contributed by atoms with Crippen molar-refractivity contribution in [3.63, 3.8) is 0 Å². The summed E-state index contributed by atoms with van der Waals surface area (Å²) in [5.41, 5.74) is 2.19. The van der Waals surface area contributed by atoms with E-state index in [1.54, 1.807) is 15.8 Å². The Balaban J connectivity index is 1.87. The number of nitrogens with one attached hydrogen (secondary N) is 1. The Labute approximate surface area is 104 Å². The average molecular weight is 253 g/mol. The molecule has 2 amide bonds. The van der Waals surface area contributed by atoms with Crippen LogP contribution in [0.1, 0.15) is 30.3 Å². The minimum atomic E-state index is -0.00692. The summed E-state index contributed by atoms with van der Waals surface area (Å²) >= 11 is 1.43. The average Bonchev–Trinajstić information content (AvgIpc) is 2.82. The summed E-state index contributed by atoms with van der Waals surface area (Å²) in [5, 5.41) is 4.65. The van der Waals surface area contributed by atoms with Crippen LogP contribution in [-0.2, 0) is 4.79 Å². The van der Waals surface area contributed by atoms with Crippen molar-refractivity contribution in [2.24, 2.45) is 0 Å². The molecule has 0 atom stereocenters. The summed E-state index contributed by atoms with van der Waals surface area (Å²) in [6, 6.07) is 0.201. The first kappa shape index (κ1) is 12.0. The maximum atomic E-state index is 12.0. The second kappa shape index (κ2) is 5.27. The largest absolute Gasteiger partial charge is 0.353 e. The van der Waals surface area contributed by atoms with Crippen LogP contribution in [0.25, 0.3) is 0 Å². The van der Waals surface area contributed by atoms with Crippen molar-refractivity contribution in [3.05, 3.63) is 16.6 Å². The van der Waals surface area contributed by atoms with Gasteiger partial charge >= 0.3 is 0 Å². The summed E-state index contributed by atoms with van der Waals surface area (Å²) in [7, 11) is 0. The van der Waals surface area contributed by atoms with E-state index in [4.69, 9.17) is 0 Å². The molecule has 1 aromatic heterocycles. The van der Waals surface area contributed by atoms with Gasteiger partial charge in [-0.2, -0.15) is 0 Å². The fraction of sp³-hybridized carbons (Fsp3) is 0.545. The Morgan fingerprint density at radius 1 is 1.47 bits per heavy atom. The predicted molar refractivity (Wildman–Crippen MR) is 64.9 cm³/mol. The summed E-state index contributed by atoms with van der Waals surface area (Å²) < 4.78 is 0. The van der Waals surface area contributed by atoms with E-state index in [0.29, 0.717) is 18.8 Å². The molecule has 0 aromatic carbocycles. The van der Waals surface area contributed by atoms with Gasteiger partial charge in [-0.1, -0.05) is 0 Å². The normalized spacial score (nSPS) is 16.9. The molecule has 0 radical (unpaired) electrons. The molecule has 17 heavy (non-hydrogen) atoms. The first-order valence-electron chi connectivity index (χ1n) is 5.61. The SMILES string of the molecule is CC(=O)NC1CCN(C(=O)c2cscn2)CC1. The monoisotopic (exact) mass is 253 g/mol. The highest BCUT2D eigenvalue weighted by Gasteiger charge is 2.24. The fourth-order valence-corrected chi connectivity index (χ4v) is 2.52. The lowest BCUT2D eigenvalue weighted by Crippen LogP contribution is -2.46. The van der Waals surface area contributed by atoms with Crippen molar-refractivity contribution < 1.29 is 9.59 Å². The lowest BCUT2D eigenvalue weighted by Gasteiger charge is -2.31. The van der Waals surface area contributed by atoms with Crippen molar-refractivity contribution in [2.75, 3.05) is 13.1 Å². The van der Waals surface area contributed by atoms with Crippen LogP contribution in [0.3, 0.4) is 0 Å². The van der Waals surface area contributed by atoms with Crippen molar-refractivity contribution in [1.29, 1.82) is 0 Å². The van der Waals surface area contributed by atoms with E-state index >= 15 is 0 Å². The molecular weight excluding hydrogens is 238 g/mol. The number of carbonyl (C=O) groups excluding carboxylic acids is 2. The minimum absolute atomic E-state index is 0.00530. The Hall–Kier alpha value is -1.43. The quantitative estimate of drug-likeness (QED) is 0.851. The third kappa shape index (κ3) is 3.03. The van der Waals surface area contributed by atoms with Gasteiger partial charge in [-0.25, -0.2) is 4.98 Å². The zero-order valence-electron chi connectivity index (χ0n) is 9.68. The van der Waals surface area contributed by atoms with Gasteiger partial charge < -0.3 is 10.2 Å². The smallest absolute Gasteiger partial charge is 0.273 e. The summed E-state index contributed by atoms with van der Waals surface area (Å²) in [6.07, 6.45) is 1.63. The van der Waals surface area contributed by atoms with Gasteiger partial charge in [-0.05, 0) is 12.8 Å². The predicted octanol–water partition coefficient (Wildman–Crippen LogP) is 0.884. The van der Waals surface area contributed by atoms with E-state index in [2.05, 4.69) is 10.3 Å². The second-order valence-corrected chi connectivity index (χ2v) is 4.86.